The lowest BCUT2D eigenvalue weighted by atomic mass is 10.2. The summed E-state index contributed by atoms with van der Waals surface area (Å²) in [7, 11) is 1.81. The summed E-state index contributed by atoms with van der Waals surface area (Å²) in [6, 6.07) is 4.99. The van der Waals surface area contributed by atoms with E-state index in [2.05, 4.69) is 5.43 Å². The van der Waals surface area contributed by atoms with Crippen molar-refractivity contribution in [1.29, 1.82) is 0 Å². The van der Waals surface area contributed by atoms with Crippen LogP contribution >= 0.6 is 0 Å². The molecule has 0 unspecified atom stereocenters. The number of unbranched alkanes of at least 4 members (excludes halogenated alkanes) is 2. The average Bonchev–Trinajstić information content (AvgIpc) is 2.42. The molecule has 0 aliphatic heterocycles. The Balaban J connectivity index is 2.83. The number of nitro benzene ring substituents is 1. The number of anilines is 2. The van der Waals surface area contributed by atoms with Crippen LogP contribution in [0.15, 0.2) is 18.2 Å². The predicted octanol–water partition coefficient (Wildman–Crippen LogP) is 1.48. The van der Waals surface area contributed by atoms with E-state index in [9.17, 15) is 10.1 Å². The van der Waals surface area contributed by atoms with Crippen LogP contribution in [-0.4, -0.2) is 30.2 Å². The molecular formula is C12H20N4O3. The second kappa shape index (κ2) is 7.55. The zero-order chi connectivity index (χ0) is 14.3. The topological polar surface area (TPSA) is 105 Å². The number of hydrogen-bond donors (Lipinski definition) is 3. The number of rotatable bonds is 8. The van der Waals surface area contributed by atoms with Crippen molar-refractivity contribution in [3.8, 4) is 0 Å². The van der Waals surface area contributed by atoms with Gasteiger partial charge in [0.1, 0.15) is 11.4 Å². The first-order valence-electron chi connectivity index (χ1n) is 6.17. The van der Waals surface area contributed by atoms with Gasteiger partial charge in [-0.1, -0.05) is 6.07 Å². The number of benzene rings is 1. The fourth-order valence-corrected chi connectivity index (χ4v) is 1.91. The smallest absolute Gasteiger partial charge is 0.316 e. The van der Waals surface area contributed by atoms with E-state index in [1.807, 2.05) is 11.9 Å². The van der Waals surface area contributed by atoms with Crippen molar-refractivity contribution in [2.24, 2.45) is 5.84 Å². The van der Waals surface area contributed by atoms with Crippen molar-refractivity contribution in [1.82, 2.24) is 0 Å². The van der Waals surface area contributed by atoms with Crippen LogP contribution in [0.3, 0.4) is 0 Å². The largest absolute Gasteiger partial charge is 0.396 e. The molecule has 0 radical (unpaired) electrons. The molecule has 19 heavy (non-hydrogen) atoms. The number of nitrogens with one attached hydrogen (secondary N) is 1. The van der Waals surface area contributed by atoms with Gasteiger partial charge in [-0.15, -0.1) is 0 Å². The van der Waals surface area contributed by atoms with Gasteiger partial charge in [0.05, 0.1) is 4.92 Å². The summed E-state index contributed by atoms with van der Waals surface area (Å²) in [5.74, 6) is 5.30. The van der Waals surface area contributed by atoms with E-state index in [1.54, 1.807) is 18.2 Å². The summed E-state index contributed by atoms with van der Waals surface area (Å²) in [5.41, 5.74) is 3.16. The molecule has 7 heteroatoms. The number of aliphatic hydroxyl groups is 1. The van der Waals surface area contributed by atoms with Crippen molar-refractivity contribution in [2.75, 3.05) is 30.5 Å². The van der Waals surface area contributed by atoms with Gasteiger partial charge in [0.15, 0.2) is 0 Å². The van der Waals surface area contributed by atoms with E-state index in [0.717, 1.165) is 19.3 Å². The van der Waals surface area contributed by atoms with Crippen LogP contribution in [0.25, 0.3) is 0 Å². The van der Waals surface area contributed by atoms with Gasteiger partial charge in [-0.25, -0.2) is 0 Å². The third-order valence-electron chi connectivity index (χ3n) is 2.92. The Labute approximate surface area is 112 Å². The van der Waals surface area contributed by atoms with Gasteiger partial charge in [0, 0.05) is 20.2 Å². The van der Waals surface area contributed by atoms with Crippen LogP contribution in [-0.2, 0) is 0 Å². The molecule has 4 N–H and O–H groups in total. The molecule has 0 aliphatic carbocycles. The first-order valence-corrected chi connectivity index (χ1v) is 6.17. The second-order valence-corrected chi connectivity index (χ2v) is 4.28. The van der Waals surface area contributed by atoms with Crippen LogP contribution in [0.5, 0.6) is 0 Å². The highest BCUT2D eigenvalue weighted by Gasteiger charge is 2.21. The van der Waals surface area contributed by atoms with Crippen molar-refractivity contribution in [3.63, 3.8) is 0 Å². The van der Waals surface area contributed by atoms with Gasteiger partial charge in [-0.05, 0) is 31.4 Å². The molecular weight excluding hydrogens is 248 g/mol. The Kier molecular flexibility index (Phi) is 6.04. The van der Waals surface area contributed by atoms with E-state index in [-0.39, 0.29) is 12.3 Å². The summed E-state index contributed by atoms with van der Waals surface area (Å²) < 4.78 is 0. The molecule has 0 fully saturated rings. The van der Waals surface area contributed by atoms with E-state index >= 15 is 0 Å². The third-order valence-corrected chi connectivity index (χ3v) is 2.92. The van der Waals surface area contributed by atoms with E-state index in [4.69, 9.17) is 10.9 Å². The SMILES string of the molecule is CN(CCCCCO)c1cccc(NN)c1[N+](=O)[O-]. The number of hydrazine groups is 1. The van der Waals surface area contributed by atoms with Crippen molar-refractivity contribution >= 4 is 17.1 Å². The fraction of sp³-hybridized carbons (Fsp3) is 0.500. The number of nitrogen functional groups attached to an aromatic ring is 1. The average molecular weight is 268 g/mol. The highest BCUT2D eigenvalue weighted by molar-refractivity contribution is 5.76. The Morgan fingerprint density at radius 3 is 2.74 bits per heavy atom. The van der Waals surface area contributed by atoms with Crippen molar-refractivity contribution < 1.29 is 10.0 Å². The quantitative estimate of drug-likeness (QED) is 0.285. The number of hydrogen-bond acceptors (Lipinski definition) is 6. The maximum Gasteiger partial charge on any atom is 0.316 e. The van der Waals surface area contributed by atoms with E-state index in [1.165, 1.54) is 0 Å². The molecule has 0 bridgehead atoms. The molecule has 1 aromatic carbocycles. The molecule has 0 saturated carbocycles. The molecule has 0 atom stereocenters. The van der Waals surface area contributed by atoms with Gasteiger partial charge in [-0.3, -0.25) is 16.0 Å². The molecule has 1 rings (SSSR count). The minimum absolute atomic E-state index is 0.0188. The molecule has 0 spiro atoms. The standard InChI is InChI=1S/C12H20N4O3/c1-15(8-3-2-4-9-17)11-7-5-6-10(14-13)12(11)16(18)19/h5-7,14,17H,2-4,8-9,13H2,1H3. The molecule has 7 nitrogen and oxygen atoms in total. The monoisotopic (exact) mass is 268 g/mol. The maximum absolute atomic E-state index is 11.1. The molecule has 1 aromatic rings. The van der Waals surface area contributed by atoms with Gasteiger partial charge in [0.2, 0.25) is 0 Å². The molecule has 0 aromatic heterocycles. The highest BCUT2D eigenvalue weighted by Crippen LogP contribution is 2.34. The van der Waals surface area contributed by atoms with Gasteiger partial charge < -0.3 is 15.4 Å². The maximum atomic E-state index is 11.1. The Morgan fingerprint density at radius 2 is 2.16 bits per heavy atom. The summed E-state index contributed by atoms with van der Waals surface area (Å²) in [6.45, 7) is 0.866. The zero-order valence-corrected chi connectivity index (χ0v) is 11.0. The lowest BCUT2D eigenvalue weighted by molar-refractivity contribution is -0.383. The third kappa shape index (κ3) is 4.08. The zero-order valence-electron chi connectivity index (χ0n) is 11.0. The molecule has 0 saturated heterocycles. The molecule has 0 aliphatic rings. The van der Waals surface area contributed by atoms with Gasteiger partial charge >= 0.3 is 5.69 Å². The van der Waals surface area contributed by atoms with Crippen LogP contribution in [0, 0.1) is 10.1 Å². The van der Waals surface area contributed by atoms with Crippen LogP contribution < -0.4 is 16.2 Å². The second-order valence-electron chi connectivity index (χ2n) is 4.28. The van der Waals surface area contributed by atoms with Crippen LogP contribution in [0.1, 0.15) is 19.3 Å². The summed E-state index contributed by atoms with van der Waals surface area (Å²) in [6.07, 6.45) is 2.51. The Hall–Kier alpha value is -1.86. The molecule has 0 amide bonds. The summed E-state index contributed by atoms with van der Waals surface area (Å²) >= 11 is 0. The first-order chi connectivity index (χ1) is 9.11. The van der Waals surface area contributed by atoms with Crippen molar-refractivity contribution in [3.05, 3.63) is 28.3 Å². The van der Waals surface area contributed by atoms with E-state index < -0.39 is 4.92 Å². The number of nitro groups is 1. The number of aliphatic hydroxyl groups excluding tert-OH is 1. The highest BCUT2D eigenvalue weighted by atomic mass is 16.6. The van der Waals surface area contributed by atoms with Gasteiger partial charge in [0.25, 0.3) is 0 Å². The minimum atomic E-state index is -0.436. The predicted molar refractivity (Wildman–Crippen MR) is 75.1 cm³/mol. The summed E-state index contributed by atoms with van der Waals surface area (Å²) in [5, 5.41) is 19.8. The fourth-order valence-electron chi connectivity index (χ4n) is 1.91. The molecule has 106 valence electrons. The Morgan fingerprint density at radius 1 is 1.42 bits per heavy atom. The Bertz CT molecular complexity index is 425. The molecule has 0 heterocycles. The van der Waals surface area contributed by atoms with Gasteiger partial charge in [-0.2, -0.15) is 0 Å². The number of para-hydroxylation sites is 1. The lowest BCUT2D eigenvalue weighted by Crippen LogP contribution is -2.20. The van der Waals surface area contributed by atoms with Crippen LogP contribution in [0.2, 0.25) is 0 Å². The summed E-state index contributed by atoms with van der Waals surface area (Å²) in [4.78, 5) is 12.5. The normalized spacial score (nSPS) is 10.3. The lowest BCUT2D eigenvalue weighted by Gasteiger charge is -2.20. The minimum Gasteiger partial charge on any atom is -0.396 e. The number of nitrogens with two attached hydrogens (primary N) is 1. The van der Waals surface area contributed by atoms with Crippen LogP contribution in [0.4, 0.5) is 17.1 Å². The number of nitrogens with zero attached hydrogens (tertiary/aromatic N) is 2. The van der Waals surface area contributed by atoms with Crippen molar-refractivity contribution in [2.45, 2.75) is 19.3 Å². The first kappa shape index (κ1) is 15.2. The van der Waals surface area contributed by atoms with E-state index in [0.29, 0.717) is 17.9 Å².